The number of nitrogens with one attached hydrogen (secondary N) is 1. The fourth-order valence-electron chi connectivity index (χ4n) is 2.44. The predicted molar refractivity (Wildman–Crippen MR) is 74.3 cm³/mol. The topological polar surface area (TPSA) is 15.3 Å². The summed E-state index contributed by atoms with van der Waals surface area (Å²) in [7, 11) is 0. The van der Waals surface area contributed by atoms with Gasteiger partial charge in [0.2, 0.25) is 0 Å². The normalized spacial score (nSPS) is 16.2. The number of rotatable bonds is 3. The van der Waals surface area contributed by atoms with E-state index in [0.29, 0.717) is 11.8 Å². The first kappa shape index (κ1) is 12.4. The maximum atomic E-state index is 3.30. The zero-order valence-electron chi connectivity index (χ0n) is 11.3. The largest absolute Gasteiger partial charge is 0.351 e. The Balaban J connectivity index is 2.49. The molecule has 1 fully saturated rings. The molecule has 17 heavy (non-hydrogen) atoms. The smallest absolute Gasteiger partial charge is 0.114 e. The molecule has 0 atom stereocenters. The summed E-state index contributed by atoms with van der Waals surface area (Å²) in [4.78, 5) is 2.37. The minimum atomic E-state index is 0.567. The second-order valence-corrected chi connectivity index (χ2v) is 5.37. The molecule has 1 heterocycles. The van der Waals surface area contributed by atoms with Crippen LogP contribution in [0.25, 0.3) is 0 Å². The molecular formula is C15H23N2. The Labute approximate surface area is 105 Å². The van der Waals surface area contributed by atoms with Crippen molar-refractivity contribution in [3.63, 3.8) is 0 Å². The van der Waals surface area contributed by atoms with Gasteiger partial charge in [0.25, 0.3) is 0 Å². The van der Waals surface area contributed by atoms with Crippen LogP contribution < -0.4 is 10.2 Å². The summed E-state index contributed by atoms with van der Waals surface area (Å²) in [6, 6.07) is 6.72. The summed E-state index contributed by atoms with van der Waals surface area (Å²) in [5.74, 6) is 1.13. The Morgan fingerprint density at radius 2 is 1.65 bits per heavy atom. The second kappa shape index (κ2) is 5.09. The van der Waals surface area contributed by atoms with Gasteiger partial charge in [0, 0.05) is 18.8 Å². The summed E-state index contributed by atoms with van der Waals surface area (Å²) in [5, 5.41) is 3.30. The molecule has 0 bridgehead atoms. The maximum Gasteiger partial charge on any atom is 0.114 e. The molecule has 0 saturated carbocycles. The van der Waals surface area contributed by atoms with Gasteiger partial charge in [-0.25, -0.2) is 0 Å². The van der Waals surface area contributed by atoms with E-state index < -0.39 is 0 Å². The monoisotopic (exact) mass is 231 g/mol. The lowest BCUT2D eigenvalue weighted by molar-refractivity contribution is 0.818. The third-order valence-electron chi connectivity index (χ3n) is 3.37. The van der Waals surface area contributed by atoms with Gasteiger partial charge in [-0.1, -0.05) is 45.9 Å². The van der Waals surface area contributed by atoms with Crippen LogP contribution in [-0.4, -0.2) is 13.1 Å². The van der Waals surface area contributed by atoms with Crippen LogP contribution in [0.2, 0.25) is 0 Å². The van der Waals surface area contributed by atoms with E-state index in [0.717, 1.165) is 13.1 Å². The Bertz CT molecular complexity index is 350. The molecule has 1 aliphatic rings. The minimum Gasteiger partial charge on any atom is -0.351 e. The van der Waals surface area contributed by atoms with Crippen LogP contribution in [0.15, 0.2) is 18.2 Å². The number of benzene rings is 1. The molecular weight excluding hydrogens is 208 g/mol. The van der Waals surface area contributed by atoms with Gasteiger partial charge >= 0.3 is 0 Å². The molecule has 1 aromatic carbocycles. The van der Waals surface area contributed by atoms with Crippen molar-refractivity contribution in [2.75, 3.05) is 18.0 Å². The van der Waals surface area contributed by atoms with Gasteiger partial charge in [0.15, 0.2) is 0 Å². The van der Waals surface area contributed by atoms with Crippen LogP contribution in [0.5, 0.6) is 0 Å². The van der Waals surface area contributed by atoms with Gasteiger partial charge in [-0.05, 0) is 23.0 Å². The standard InChI is InChI=1S/C15H23N2/c1-11(2)13-6-5-7-14(12(3)4)15(13)17-9-8-16-10-17/h5-7,10-12,16H,8-9H2,1-4H3. The summed E-state index contributed by atoms with van der Waals surface area (Å²) in [6.07, 6.45) is 0. The Morgan fingerprint density at radius 1 is 1.06 bits per heavy atom. The van der Waals surface area contributed by atoms with Crippen LogP contribution in [0.3, 0.4) is 0 Å². The van der Waals surface area contributed by atoms with Gasteiger partial charge in [-0.2, -0.15) is 0 Å². The van der Waals surface area contributed by atoms with Crippen molar-refractivity contribution in [3.05, 3.63) is 36.0 Å². The van der Waals surface area contributed by atoms with Gasteiger partial charge in [-0.3, -0.25) is 5.32 Å². The first-order valence-corrected chi connectivity index (χ1v) is 6.57. The van der Waals surface area contributed by atoms with Crippen LogP contribution in [0.1, 0.15) is 50.7 Å². The van der Waals surface area contributed by atoms with E-state index in [1.54, 1.807) is 0 Å². The van der Waals surface area contributed by atoms with Crippen molar-refractivity contribution in [2.24, 2.45) is 0 Å². The molecule has 0 unspecified atom stereocenters. The fourth-order valence-corrected chi connectivity index (χ4v) is 2.44. The predicted octanol–water partition coefficient (Wildman–Crippen LogP) is 3.46. The van der Waals surface area contributed by atoms with Crippen LogP contribution >= 0.6 is 0 Å². The third-order valence-corrected chi connectivity index (χ3v) is 3.37. The molecule has 1 saturated heterocycles. The molecule has 2 rings (SSSR count). The lowest BCUT2D eigenvalue weighted by atomic mass is 9.92. The minimum absolute atomic E-state index is 0.567. The first-order chi connectivity index (χ1) is 8.11. The quantitative estimate of drug-likeness (QED) is 0.857. The van der Waals surface area contributed by atoms with Crippen LogP contribution in [0.4, 0.5) is 5.69 Å². The Hall–Kier alpha value is -1.02. The van der Waals surface area contributed by atoms with E-state index in [1.807, 2.05) is 0 Å². The highest BCUT2D eigenvalue weighted by molar-refractivity contribution is 5.63. The highest BCUT2D eigenvalue weighted by Gasteiger charge is 2.21. The third kappa shape index (κ3) is 2.47. The summed E-state index contributed by atoms with van der Waals surface area (Å²) in [6.45, 7) is 13.3. The molecule has 0 aliphatic carbocycles. The molecule has 2 nitrogen and oxygen atoms in total. The van der Waals surface area contributed by atoms with E-state index >= 15 is 0 Å². The van der Waals surface area contributed by atoms with Crippen LogP contribution in [0, 0.1) is 6.67 Å². The first-order valence-electron chi connectivity index (χ1n) is 6.57. The second-order valence-electron chi connectivity index (χ2n) is 5.37. The maximum absolute atomic E-state index is 3.30. The van der Waals surface area contributed by atoms with Gasteiger partial charge in [0.1, 0.15) is 6.67 Å². The number of para-hydroxylation sites is 1. The molecule has 1 N–H and O–H groups in total. The Kier molecular flexibility index (Phi) is 3.72. The number of hydrogen-bond donors (Lipinski definition) is 1. The molecule has 0 spiro atoms. The highest BCUT2D eigenvalue weighted by atomic mass is 15.3. The molecule has 2 heteroatoms. The van der Waals surface area contributed by atoms with Crippen LogP contribution in [-0.2, 0) is 0 Å². The summed E-state index contributed by atoms with van der Waals surface area (Å²) in [5.41, 5.74) is 4.33. The van der Waals surface area contributed by atoms with Gasteiger partial charge < -0.3 is 4.90 Å². The summed E-state index contributed by atoms with van der Waals surface area (Å²) < 4.78 is 0. The SMILES string of the molecule is CC(C)c1cccc(C(C)C)c1N1[CH]NCC1. The molecule has 0 amide bonds. The average molecular weight is 231 g/mol. The van der Waals surface area contributed by atoms with E-state index in [9.17, 15) is 0 Å². The van der Waals surface area contributed by atoms with Crippen molar-refractivity contribution in [1.82, 2.24) is 5.32 Å². The molecule has 1 radical (unpaired) electrons. The van der Waals surface area contributed by atoms with E-state index in [1.165, 1.54) is 16.8 Å². The number of nitrogens with zero attached hydrogens (tertiary/aromatic N) is 1. The fraction of sp³-hybridized carbons (Fsp3) is 0.533. The lowest BCUT2D eigenvalue weighted by Gasteiger charge is -2.27. The average Bonchev–Trinajstić information content (AvgIpc) is 2.80. The molecule has 93 valence electrons. The van der Waals surface area contributed by atoms with Crippen molar-refractivity contribution in [1.29, 1.82) is 0 Å². The molecule has 1 aliphatic heterocycles. The number of anilines is 1. The van der Waals surface area contributed by atoms with Crippen molar-refractivity contribution < 1.29 is 0 Å². The zero-order valence-corrected chi connectivity index (χ0v) is 11.3. The van der Waals surface area contributed by atoms with Gasteiger partial charge in [0.05, 0.1) is 0 Å². The molecule has 1 aromatic rings. The van der Waals surface area contributed by atoms with E-state index in [4.69, 9.17) is 0 Å². The lowest BCUT2D eigenvalue weighted by Crippen LogP contribution is -2.20. The van der Waals surface area contributed by atoms with Gasteiger partial charge in [-0.15, -0.1) is 0 Å². The van der Waals surface area contributed by atoms with Crippen molar-refractivity contribution in [2.45, 2.75) is 39.5 Å². The van der Waals surface area contributed by atoms with Crippen molar-refractivity contribution >= 4 is 5.69 Å². The van der Waals surface area contributed by atoms with E-state index in [-0.39, 0.29) is 0 Å². The zero-order chi connectivity index (χ0) is 12.4. The Morgan fingerprint density at radius 3 is 2.06 bits per heavy atom. The summed E-state index contributed by atoms with van der Waals surface area (Å²) >= 11 is 0. The highest BCUT2D eigenvalue weighted by Crippen LogP contribution is 2.36. The molecule has 0 aromatic heterocycles. The van der Waals surface area contributed by atoms with E-state index in [2.05, 4.69) is 62.8 Å². The number of hydrogen-bond acceptors (Lipinski definition) is 2. The van der Waals surface area contributed by atoms with Crippen molar-refractivity contribution in [3.8, 4) is 0 Å².